The molecule has 1 unspecified atom stereocenters. The van der Waals surface area contributed by atoms with Gasteiger partial charge in [0, 0.05) is 24.2 Å². The molecule has 1 aromatic rings. The quantitative estimate of drug-likeness (QED) is 0.861. The van der Waals surface area contributed by atoms with Crippen LogP contribution >= 0.6 is 11.3 Å². The van der Waals surface area contributed by atoms with Crippen LogP contribution in [0.1, 0.15) is 24.0 Å². The zero-order valence-electron chi connectivity index (χ0n) is 9.69. The van der Waals surface area contributed by atoms with E-state index in [1.165, 1.54) is 0 Å². The summed E-state index contributed by atoms with van der Waals surface area (Å²) in [4.78, 5) is 18.3. The number of rotatable bonds is 3. The molecule has 2 heterocycles. The number of piperazine rings is 1. The van der Waals surface area contributed by atoms with Crippen molar-refractivity contribution in [3.05, 3.63) is 16.1 Å². The minimum atomic E-state index is -0.00481. The first-order valence-corrected chi connectivity index (χ1v) is 6.52. The summed E-state index contributed by atoms with van der Waals surface area (Å²) in [6, 6.07) is -0.00481. The molecule has 0 aliphatic carbocycles. The van der Waals surface area contributed by atoms with Gasteiger partial charge in [-0.3, -0.25) is 4.79 Å². The maximum absolute atomic E-state index is 12.0. The molecule has 1 aromatic heterocycles. The summed E-state index contributed by atoms with van der Waals surface area (Å²) in [7, 11) is 0. The lowest BCUT2D eigenvalue weighted by molar-refractivity contribution is -0.136. The molecule has 1 saturated heterocycles. The van der Waals surface area contributed by atoms with Gasteiger partial charge in [0.05, 0.1) is 12.6 Å². The first kappa shape index (κ1) is 11.5. The van der Waals surface area contributed by atoms with E-state index < -0.39 is 0 Å². The molecular weight excluding hydrogens is 222 g/mol. The van der Waals surface area contributed by atoms with Gasteiger partial charge in [-0.15, -0.1) is 11.3 Å². The Morgan fingerprint density at radius 2 is 2.50 bits per heavy atom. The Kier molecular flexibility index (Phi) is 3.56. The smallest absolute Gasteiger partial charge is 0.240 e. The summed E-state index contributed by atoms with van der Waals surface area (Å²) in [5.41, 5.74) is 1.04. The lowest BCUT2D eigenvalue weighted by Crippen LogP contribution is -2.54. The highest BCUT2D eigenvalue weighted by molar-refractivity contribution is 7.09. The minimum Gasteiger partial charge on any atom is -0.333 e. The maximum atomic E-state index is 12.0. The van der Waals surface area contributed by atoms with Gasteiger partial charge in [-0.2, -0.15) is 0 Å². The molecule has 4 nitrogen and oxygen atoms in total. The molecular formula is C11H17N3OS. The van der Waals surface area contributed by atoms with E-state index in [1.54, 1.807) is 11.3 Å². The number of aryl methyl sites for hydroxylation is 1. The second-order valence-electron chi connectivity index (χ2n) is 4.06. The van der Waals surface area contributed by atoms with Gasteiger partial charge in [0.15, 0.2) is 0 Å². The third kappa shape index (κ3) is 2.41. The van der Waals surface area contributed by atoms with Crippen LogP contribution in [0.25, 0.3) is 0 Å². The van der Waals surface area contributed by atoms with Crippen molar-refractivity contribution in [1.82, 2.24) is 15.2 Å². The van der Waals surface area contributed by atoms with Crippen molar-refractivity contribution in [1.29, 1.82) is 0 Å². The van der Waals surface area contributed by atoms with E-state index in [2.05, 4.69) is 10.3 Å². The van der Waals surface area contributed by atoms with Gasteiger partial charge in [0.25, 0.3) is 0 Å². The van der Waals surface area contributed by atoms with Crippen molar-refractivity contribution in [3.8, 4) is 0 Å². The largest absolute Gasteiger partial charge is 0.333 e. The molecule has 2 rings (SSSR count). The Bertz CT molecular complexity index is 377. The van der Waals surface area contributed by atoms with E-state index in [0.29, 0.717) is 6.54 Å². The Morgan fingerprint density at radius 3 is 3.12 bits per heavy atom. The van der Waals surface area contributed by atoms with Crippen molar-refractivity contribution in [2.75, 3.05) is 13.1 Å². The predicted octanol–water partition coefficient (Wildman–Crippen LogP) is 1.16. The Labute approximate surface area is 99.7 Å². The fraction of sp³-hybridized carbons (Fsp3) is 0.636. The van der Waals surface area contributed by atoms with E-state index in [-0.39, 0.29) is 11.9 Å². The summed E-state index contributed by atoms with van der Waals surface area (Å²) < 4.78 is 0. The average molecular weight is 239 g/mol. The zero-order valence-corrected chi connectivity index (χ0v) is 10.5. The fourth-order valence-electron chi connectivity index (χ4n) is 1.91. The van der Waals surface area contributed by atoms with Gasteiger partial charge in [0.1, 0.15) is 5.01 Å². The van der Waals surface area contributed by atoms with Crippen LogP contribution in [0.5, 0.6) is 0 Å². The number of hydrogen-bond acceptors (Lipinski definition) is 4. The third-order valence-electron chi connectivity index (χ3n) is 2.78. The number of carbonyl (C=O) groups is 1. The molecule has 88 valence electrons. The molecule has 16 heavy (non-hydrogen) atoms. The molecule has 0 aromatic carbocycles. The number of nitrogens with zero attached hydrogens (tertiary/aromatic N) is 2. The highest BCUT2D eigenvalue weighted by Crippen LogP contribution is 2.14. The van der Waals surface area contributed by atoms with E-state index in [9.17, 15) is 4.79 Å². The van der Waals surface area contributed by atoms with E-state index in [1.807, 2.05) is 24.1 Å². The van der Waals surface area contributed by atoms with Crippen molar-refractivity contribution < 1.29 is 4.79 Å². The third-order valence-corrected chi connectivity index (χ3v) is 3.73. The zero-order chi connectivity index (χ0) is 11.5. The summed E-state index contributed by atoms with van der Waals surface area (Å²) in [5, 5.41) is 6.29. The van der Waals surface area contributed by atoms with E-state index in [4.69, 9.17) is 0 Å². The molecule has 1 N–H and O–H groups in total. The molecule has 1 fully saturated rings. The van der Waals surface area contributed by atoms with E-state index in [0.717, 1.165) is 30.2 Å². The van der Waals surface area contributed by atoms with Crippen LogP contribution < -0.4 is 5.32 Å². The fourth-order valence-corrected chi connectivity index (χ4v) is 2.69. The number of nitrogens with one attached hydrogen (secondary N) is 1. The van der Waals surface area contributed by atoms with Crippen molar-refractivity contribution >= 4 is 17.2 Å². The summed E-state index contributed by atoms with van der Waals surface area (Å²) in [5.74, 6) is 0.210. The van der Waals surface area contributed by atoms with Crippen molar-refractivity contribution in [3.63, 3.8) is 0 Å². The average Bonchev–Trinajstić information content (AvgIpc) is 2.67. The van der Waals surface area contributed by atoms with Gasteiger partial charge < -0.3 is 10.2 Å². The highest BCUT2D eigenvalue weighted by atomic mass is 32.1. The number of thiazole rings is 1. The molecule has 1 amide bonds. The molecule has 0 radical (unpaired) electrons. The minimum absolute atomic E-state index is 0.00481. The molecule has 1 aliphatic rings. The van der Waals surface area contributed by atoms with Crippen LogP contribution in [0.4, 0.5) is 0 Å². The van der Waals surface area contributed by atoms with E-state index >= 15 is 0 Å². The Hall–Kier alpha value is -0.940. The van der Waals surface area contributed by atoms with Crippen LogP contribution in [0, 0.1) is 6.92 Å². The Morgan fingerprint density at radius 1 is 1.69 bits per heavy atom. The molecule has 0 saturated carbocycles. The van der Waals surface area contributed by atoms with Crippen LogP contribution in [-0.2, 0) is 11.3 Å². The Balaban J connectivity index is 2.01. The van der Waals surface area contributed by atoms with Crippen LogP contribution in [0.2, 0.25) is 0 Å². The summed E-state index contributed by atoms with van der Waals surface area (Å²) in [6.45, 7) is 6.35. The number of carbonyl (C=O) groups excluding carboxylic acids is 1. The van der Waals surface area contributed by atoms with Gasteiger partial charge in [-0.1, -0.05) is 6.92 Å². The van der Waals surface area contributed by atoms with Gasteiger partial charge in [-0.05, 0) is 13.3 Å². The first-order chi connectivity index (χ1) is 7.70. The monoisotopic (exact) mass is 239 g/mol. The standard InChI is InChI=1S/C11H17N3OS/c1-3-9-11(15)14(5-4-12-9)6-10-13-8(2)7-16-10/h7,9,12H,3-6H2,1-2H3. The summed E-state index contributed by atoms with van der Waals surface area (Å²) >= 11 is 1.63. The van der Waals surface area contributed by atoms with Crippen molar-refractivity contribution in [2.24, 2.45) is 0 Å². The van der Waals surface area contributed by atoms with Crippen LogP contribution in [0.15, 0.2) is 5.38 Å². The topological polar surface area (TPSA) is 45.2 Å². The normalized spacial score (nSPS) is 21.5. The van der Waals surface area contributed by atoms with Crippen LogP contribution in [-0.4, -0.2) is 34.9 Å². The van der Waals surface area contributed by atoms with Gasteiger partial charge in [0.2, 0.25) is 5.91 Å². The highest BCUT2D eigenvalue weighted by Gasteiger charge is 2.27. The lowest BCUT2D eigenvalue weighted by atomic mass is 10.1. The number of aromatic nitrogens is 1. The second kappa shape index (κ2) is 4.93. The van der Waals surface area contributed by atoms with Crippen molar-refractivity contribution in [2.45, 2.75) is 32.9 Å². The second-order valence-corrected chi connectivity index (χ2v) is 5.00. The van der Waals surface area contributed by atoms with Gasteiger partial charge >= 0.3 is 0 Å². The number of amides is 1. The van der Waals surface area contributed by atoms with Crippen LogP contribution in [0.3, 0.4) is 0 Å². The lowest BCUT2D eigenvalue weighted by Gasteiger charge is -2.32. The van der Waals surface area contributed by atoms with Gasteiger partial charge in [-0.25, -0.2) is 4.98 Å². The molecule has 5 heteroatoms. The predicted molar refractivity (Wildman–Crippen MR) is 64.3 cm³/mol. The SMILES string of the molecule is CCC1NCCN(Cc2nc(C)cs2)C1=O. The summed E-state index contributed by atoms with van der Waals surface area (Å²) in [6.07, 6.45) is 0.853. The molecule has 0 spiro atoms. The molecule has 0 bridgehead atoms. The first-order valence-electron chi connectivity index (χ1n) is 5.64. The molecule has 1 atom stereocenters. The maximum Gasteiger partial charge on any atom is 0.240 e. The number of hydrogen-bond donors (Lipinski definition) is 1. The molecule has 1 aliphatic heterocycles.